The second-order valence-corrected chi connectivity index (χ2v) is 12.0. The zero-order chi connectivity index (χ0) is 31.6. The maximum Gasteiger partial charge on any atom is 0.143 e. The molecule has 2 heterocycles. The van der Waals surface area contributed by atoms with Crippen molar-refractivity contribution in [1.82, 2.24) is 14.9 Å². The average Bonchev–Trinajstić information content (AvgIpc) is 3.46. The minimum atomic E-state index is 0.236. The fourth-order valence-electron chi connectivity index (χ4n) is 5.00. The molecule has 0 bridgehead atoms. The summed E-state index contributed by atoms with van der Waals surface area (Å²) in [7, 11) is 2.19. The first-order valence-corrected chi connectivity index (χ1v) is 15.9. The average molecular weight is 642 g/mol. The lowest BCUT2D eigenvalue weighted by Crippen LogP contribution is -2.20. The molecule has 1 aromatic heterocycles. The first kappa shape index (κ1) is 32.5. The van der Waals surface area contributed by atoms with Crippen LogP contribution in [0.25, 0.3) is 22.5 Å². The Morgan fingerprint density at radius 1 is 0.733 bits per heavy atom. The van der Waals surface area contributed by atoms with E-state index in [1.54, 1.807) is 0 Å². The Labute approximate surface area is 275 Å². The molecular weight excluding hydrogens is 603 g/mol. The summed E-state index contributed by atoms with van der Waals surface area (Å²) in [5.41, 5.74) is 11.5. The quantitative estimate of drug-likeness (QED) is 0.173. The van der Waals surface area contributed by atoms with E-state index in [1.807, 2.05) is 91.0 Å². The van der Waals surface area contributed by atoms with E-state index in [0.29, 0.717) is 29.1 Å². The van der Waals surface area contributed by atoms with Crippen LogP contribution >= 0.6 is 23.2 Å². The number of benzene rings is 4. The molecule has 0 aliphatic carbocycles. The number of nitrogens with two attached hydrogens (primary N) is 1. The van der Waals surface area contributed by atoms with Gasteiger partial charge in [-0.15, -0.1) is 0 Å². The van der Waals surface area contributed by atoms with Gasteiger partial charge in [0.25, 0.3) is 0 Å². The van der Waals surface area contributed by atoms with Crippen LogP contribution in [0.3, 0.4) is 0 Å². The number of nitrogens with zero attached hydrogens (tertiary/aromatic N) is 3. The Hall–Kier alpha value is -3.94. The molecular formula is C37H38Cl2N4O2. The zero-order valence-corrected chi connectivity index (χ0v) is 27.1. The molecule has 0 radical (unpaired) electrons. The molecule has 6 nitrogen and oxygen atoms in total. The van der Waals surface area contributed by atoms with Crippen molar-refractivity contribution in [3.05, 3.63) is 130 Å². The van der Waals surface area contributed by atoms with Crippen LogP contribution in [0.1, 0.15) is 36.7 Å². The lowest BCUT2D eigenvalue weighted by Gasteiger charge is -2.12. The van der Waals surface area contributed by atoms with Gasteiger partial charge in [0, 0.05) is 27.2 Å². The van der Waals surface area contributed by atoms with E-state index in [4.69, 9.17) is 48.4 Å². The van der Waals surface area contributed by atoms with Gasteiger partial charge in [0.2, 0.25) is 0 Å². The number of hydrogen-bond donors (Lipinski definition) is 1. The lowest BCUT2D eigenvalue weighted by atomic mass is 10.0. The molecule has 4 aromatic carbocycles. The fourth-order valence-corrected chi connectivity index (χ4v) is 5.25. The third-order valence-corrected chi connectivity index (χ3v) is 8.23. The number of rotatable bonds is 9. The predicted molar refractivity (Wildman–Crippen MR) is 184 cm³/mol. The van der Waals surface area contributed by atoms with E-state index in [9.17, 15) is 0 Å². The molecule has 232 valence electrons. The Bertz CT molecular complexity index is 1560. The Morgan fingerprint density at radius 3 is 1.60 bits per heavy atom. The zero-order valence-electron chi connectivity index (χ0n) is 25.6. The SMILES string of the molecule is C[C@@H]1CCCN1C.NCc1nc(-c2cccc(COc3ccc(Cl)cc3)c2)cc(-c2cccc(COc3ccc(Cl)cc3)c2)n1. The fraction of sp³-hybridized carbons (Fsp3) is 0.243. The topological polar surface area (TPSA) is 73.5 Å². The Kier molecular flexibility index (Phi) is 11.4. The Balaban J connectivity index is 0.000000505. The van der Waals surface area contributed by atoms with Crippen molar-refractivity contribution < 1.29 is 9.47 Å². The van der Waals surface area contributed by atoms with Crippen LogP contribution in [0.15, 0.2) is 103 Å². The van der Waals surface area contributed by atoms with E-state index in [2.05, 4.69) is 31.0 Å². The summed E-state index contributed by atoms with van der Waals surface area (Å²) in [5, 5.41) is 1.35. The first-order chi connectivity index (χ1) is 21.9. The molecule has 0 spiro atoms. The van der Waals surface area contributed by atoms with Gasteiger partial charge in [-0.1, -0.05) is 59.6 Å². The van der Waals surface area contributed by atoms with Crippen molar-refractivity contribution in [1.29, 1.82) is 0 Å². The first-order valence-electron chi connectivity index (χ1n) is 15.1. The minimum Gasteiger partial charge on any atom is -0.489 e. The van der Waals surface area contributed by atoms with Gasteiger partial charge in [0.1, 0.15) is 30.5 Å². The molecule has 8 heteroatoms. The van der Waals surface area contributed by atoms with Crippen molar-refractivity contribution in [3.8, 4) is 34.0 Å². The number of aromatic nitrogens is 2. The third-order valence-electron chi connectivity index (χ3n) is 7.72. The van der Waals surface area contributed by atoms with Crippen LogP contribution < -0.4 is 15.2 Å². The minimum absolute atomic E-state index is 0.236. The molecule has 45 heavy (non-hydrogen) atoms. The lowest BCUT2D eigenvalue weighted by molar-refractivity contribution is 0.306. The second kappa shape index (κ2) is 15.9. The van der Waals surface area contributed by atoms with E-state index in [-0.39, 0.29) is 6.54 Å². The van der Waals surface area contributed by atoms with E-state index < -0.39 is 0 Å². The highest BCUT2D eigenvalue weighted by molar-refractivity contribution is 6.30. The van der Waals surface area contributed by atoms with Crippen molar-refractivity contribution >= 4 is 23.2 Å². The summed E-state index contributed by atoms with van der Waals surface area (Å²) in [6.07, 6.45) is 2.80. The molecule has 2 N–H and O–H groups in total. The van der Waals surface area contributed by atoms with Crippen molar-refractivity contribution in [2.24, 2.45) is 5.73 Å². The predicted octanol–water partition coefficient (Wildman–Crippen LogP) is 8.83. The van der Waals surface area contributed by atoms with Crippen LogP contribution in [-0.2, 0) is 19.8 Å². The van der Waals surface area contributed by atoms with Crippen molar-refractivity contribution in [2.75, 3.05) is 13.6 Å². The maximum absolute atomic E-state index is 5.97. The number of ether oxygens (including phenoxy) is 2. The van der Waals surface area contributed by atoms with Crippen LogP contribution in [-0.4, -0.2) is 34.5 Å². The molecule has 1 saturated heterocycles. The summed E-state index contributed by atoms with van der Waals surface area (Å²) in [5.74, 6) is 2.09. The maximum atomic E-state index is 5.97. The summed E-state index contributed by atoms with van der Waals surface area (Å²) >= 11 is 11.9. The molecule has 6 rings (SSSR count). The third kappa shape index (κ3) is 9.52. The van der Waals surface area contributed by atoms with Gasteiger partial charge in [-0.3, -0.25) is 0 Å². The monoisotopic (exact) mass is 640 g/mol. The van der Waals surface area contributed by atoms with Gasteiger partial charge in [-0.05, 0) is 111 Å². The molecule has 0 unspecified atom stereocenters. The van der Waals surface area contributed by atoms with E-state index in [1.165, 1.54) is 19.4 Å². The van der Waals surface area contributed by atoms with E-state index in [0.717, 1.165) is 51.2 Å². The molecule has 1 aliphatic rings. The molecule has 1 atom stereocenters. The number of halogens is 2. The van der Waals surface area contributed by atoms with Crippen LogP contribution in [0.5, 0.6) is 11.5 Å². The highest BCUT2D eigenvalue weighted by Crippen LogP contribution is 2.27. The molecule has 1 aliphatic heterocycles. The summed E-state index contributed by atoms with van der Waals surface area (Å²) in [4.78, 5) is 11.8. The Morgan fingerprint density at radius 2 is 1.22 bits per heavy atom. The van der Waals surface area contributed by atoms with Crippen LogP contribution in [0.4, 0.5) is 0 Å². The largest absolute Gasteiger partial charge is 0.489 e. The molecule has 5 aromatic rings. The van der Waals surface area contributed by atoms with Gasteiger partial charge in [0.15, 0.2) is 0 Å². The molecule has 0 saturated carbocycles. The smallest absolute Gasteiger partial charge is 0.143 e. The highest BCUT2D eigenvalue weighted by Gasteiger charge is 2.14. The van der Waals surface area contributed by atoms with Gasteiger partial charge < -0.3 is 20.1 Å². The van der Waals surface area contributed by atoms with Crippen molar-refractivity contribution in [2.45, 2.75) is 45.6 Å². The van der Waals surface area contributed by atoms with Gasteiger partial charge >= 0.3 is 0 Å². The van der Waals surface area contributed by atoms with E-state index >= 15 is 0 Å². The van der Waals surface area contributed by atoms with Gasteiger partial charge in [-0.25, -0.2) is 9.97 Å². The second-order valence-electron chi connectivity index (χ2n) is 11.1. The summed E-state index contributed by atoms with van der Waals surface area (Å²) < 4.78 is 11.8. The molecule has 1 fully saturated rings. The van der Waals surface area contributed by atoms with Gasteiger partial charge in [-0.2, -0.15) is 0 Å². The van der Waals surface area contributed by atoms with Crippen LogP contribution in [0.2, 0.25) is 10.0 Å². The van der Waals surface area contributed by atoms with Crippen molar-refractivity contribution in [3.63, 3.8) is 0 Å². The normalized spacial score (nSPS) is 14.5. The standard InChI is InChI=1S/C31H25Cl2N3O2.C6H13N/c32-25-7-11-27(12-8-25)37-19-21-3-1-5-23(15-21)29-17-30(36-31(18-34)35-29)24-6-2-4-22(16-24)20-38-28-13-9-26(33)10-14-28;1-6-4-3-5-7(6)2/h1-17H,18-20,34H2;6H,3-5H2,1-2H3/t;6-/m.1/s1. The highest BCUT2D eigenvalue weighted by atomic mass is 35.5. The summed E-state index contributed by atoms with van der Waals surface area (Å²) in [6.45, 7) is 4.67. The number of likely N-dealkylation sites (tertiary alicyclic amines) is 1. The number of hydrogen-bond acceptors (Lipinski definition) is 6. The van der Waals surface area contributed by atoms with Gasteiger partial charge in [0.05, 0.1) is 17.9 Å². The molecule has 0 amide bonds. The van der Waals surface area contributed by atoms with Crippen LogP contribution in [0, 0.1) is 0 Å². The summed E-state index contributed by atoms with van der Waals surface area (Å²) in [6, 6.07) is 33.7.